The van der Waals surface area contributed by atoms with Gasteiger partial charge in [-0.2, -0.15) is 0 Å². The van der Waals surface area contributed by atoms with Gasteiger partial charge in [-0.1, -0.05) is 60.7 Å². The molecule has 3 aromatic carbocycles. The van der Waals surface area contributed by atoms with Gasteiger partial charge in [0.25, 0.3) is 0 Å². The van der Waals surface area contributed by atoms with Crippen molar-refractivity contribution in [3.63, 3.8) is 0 Å². The lowest BCUT2D eigenvalue weighted by atomic mass is 10.1. The first-order chi connectivity index (χ1) is 17.3. The van der Waals surface area contributed by atoms with E-state index in [9.17, 15) is 4.79 Å². The molecule has 176 valence electrons. The molecule has 3 nitrogen and oxygen atoms in total. The summed E-state index contributed by atoms with van der Waals surface area (Å²) in [5.41, 5.74) is 3.63. The summed E-state index contributed by atoms with van der Waals surface area (Å²) in [4.78, 5) is 16.2. The lowest BCUT2D eigenvalue weighted by Gasteiger charge is -2.26. The highest BCUT2D eigenvalue weighted by molar-refractivity contribution is 7.24. The van der Waals surface area contributed by atoms with Crippen molar-refractivity contribution in [3.8, 4) is 0 Å². The van der Waals surface area contributed by atoms with E-state index >= 15 is 0 Å². The molecule has 6 rings (SSSR count). The molecule has 4 heteroatoms. The van der Waals surface area contributed by atoms with Gasteiger partial charge in [-0.15, -0.1) is 11.3 Å². The molecule has 0 atom stereocenters. The molecule has 2 aliphatic heterocycles. The van der Waals surface area contributed by atoms with E-state index in [0.29, 0.717) is 0 Å². The Bertz CT molecular complexity index is 1500. The van der Waals surface area contributed by atoms with Crippen LogP contribution in [-0.4, -0.2) is 34.9 Å². The first kappa shape index (κ1) is 22.2. The second-order valence-electron chi connectivity index (χ2n) is 9.71. The number of fused-ring (bicyclic) bond motifs is 3. The van der Waals surface area contributed by atoms with Crippen LogP contribution in [0, 0.1) is 0 Å². The minimum atomic E-state index is 0.146. The van der Waals surface area contributed by atoms with Crippen molar-refractivity contribution < 1.29 is 4.58 Å². The van der Waals surface area contributed by atoms with Crippen molar-refractivity contribution in [1.82, 2.24) is 4.90 Å². The fourth-order valence-electron chi connectivity index (χ4n) is 5.54. The molecule has 2 aliphatic rings. The second kappa shape index (κ2) is 9.79. The third kappa shape index (κ3) is 4.55. The molecule has 0 bridgehead atoms. The number of nitrogens with zero attached hydrogens (tertiary/aromatic N) is 2. The van der Waals surface area contributed by atoms with Crippen LogP contribution in [-0.2, 0) is 6.54 Å². The average Bonchev–Trinajstić information content (AvgIpc) is 3.15. The molecular weight excluding hydrogens is 448 g/mol. The van der Waals surface area contributed by atoms with E-state index in [1.54, 1.807) is 11.3 Å². The van der Waals surface area contributed by atoms with Crippen LogP contribution in [0.1, 0.15) is 48.8 Å². The molecular formula is C31H31N2OS+. The first-order valence-electron chi connectivity index (χ1n) is 12.8. The number of rotatable bonds is 4. The van der Waals surface area contributed by atoms with Crippen molar-refractivity contribution in [2.45, 2.75) is 38.6 Å². The summed E-state index contributed by atoms with van der Waals surface area (Å²) in [5.74, 6) is 1.52. The predicted molar refractivity (Wildman–Crippen MR) is 149 cm³/mol. The summed E-state index contributed by atoms with van der Waals surface area (Å²) < 4.78 is 4.79. The molecule has 0 radical (unpaired) electrons. The van der Waals surface area contributed by atoms with Crippen LogP contribution in [0.2, 0.25) is 0 Å². The molecule has 1 saturated heterocycles. The minimum absolute atomic E-state index is 0.146. The smallest absolute Gasteiger partial charge is 0.247 e. The molecule has 0 saturated carbocycles. The lowest BCUT2D eigenvalue weighted by Crippen LogP contribution is -2.43. The SMILES string of the molecule is O=c1c2cc(/C=C/c3ccccc3)ccc2sc2c(C[N+]3=C4CCCCCN4CCC3)cccc12. The highest BCUT2D eigenvalue weighted by Crippen LogP contribution is 2.29. The van der Waals surface area contributed by atoms with Gasteiger partial charge in [-0.05, 0) is 48.6 Å². The summed E-state index contributed by atoms with van der Waals surface area (Å²) in [7, 11) is 0. The summed E-state index contributed by atoms with van der Waals surface area (Å²) in [6.07, 6.45) is 10.5. The molecule has 0 spiro atoms. The van der Waals surface area contributed by atoms with Gasteiger partial charge in [0.1, 0.15) is 6.54 Å². The minimum Gasteiger partial charge on any atom is -0.289 e. The Hall–Kier alpha value is -3.24. The Balaban J connectivity index is 1.39. The zero-order valence-electron chi connectivity index (χ0n) is 20.1. The van der Waals surface area contributed by atoms with Crippen LogP contribution in [0.5, 0.6) is 0 Å². The van der Waals surface area contributed by atoms with Crippen LogP contribution in [0.4, 0.5) is 0 Å². The molecule has 0 N–H and O–H groups in total. The normalized spacial score (nSPS) is 16.7. The van der Waals surface area contributed by atoms with Gasteiger partial charge in [-0.3, -0.25) is 14.3 Å². The van der Waals surface area contributed by atoms with Crippen LogP contribution in [0.25, 0.3) is 32.3 Å². The lowest BCUT2D eigenvalue weighted by molar-refractivity contribution is -0.555. The topological polar surface area (TPSA) is 23.3 Å². The molecule has 1 fully saturated rings. The molecule has 3 heterocycles. The predicted octanol–water partition coefficient (Wildman–Crippen LogP) is 6.78. The molecule has 4 aromatic rings. The number of benzene rings is 3. The van der Waals surface area contributed by atoms with E-state index in [-0.39, 0.29) is 5.43 Å². The third-order valence-corrected chi connectivity index (χ3v) is 8.61. The van der Waals surface area contributed by atoms with Crippen LogP contribution < -0.4 is 5.43 Å². The van der Waals surface area contributed by atoms with Gasteiger partial charge in [0.05, 0.1) is 19.6 Å². The van der Waals surface area contributed by atoms with Gasteiger partial charge < -0.3 is 0 Å². The van der Waals surface area contributed by atoms with Crippen molar-refractivity contribution in [2.75, 3.05) is 19.6 Å². The standard InChI is InChI=1S/C31H31N2OS/c34-30-26-12-7-11-25(22-33-20-8-19-32-18-6-2-5-13-29(32)33)31(26)35-28-17-16-24(21-27(28)30)15-14-23-9-3-1-4-10-23/h1,3-4,7,9-12,14-17,21H,2,5-6,8,13,18-20,22H2/q+1/b15-14+. The zero-order valence-corrected chi connectivity index (χ0v) is 20.9. The van der Waals surface area contributed by atoms with Crippen LogP contribution >= 0.6 is 11.3 Å². The Labute approximate surface area is 210 Å². The fourth-order valence-corrected chi connectivity index (χ4v) is 6.70. The van der Waals surface area contributed by atoms with E-state index in [2.05, 4.69) is 58.0 Å². The number of amidine groups is 1. The third-order valence-electron chi connectivity index (χ3n) is 7.35. The first-order valence-corrected chi connectivity index (χ1v) is 13.7. The molecule has 1 aromatic heterocycles. The zero-order chi connectivity index (χ0) is 23.6. The van der Waals surface area contributed by atoms with Gasteiger partial charge in [-0.25, -0.2) is 0 Å². The summed E-state index contributed by atoms with van der Waals surface area (Å²) >= 11 is 1.76. The highest BCUT2D eigenvalue weighted by Gasteiger charge is 2.29. The highest BCUT2D eigenvalue weighted by atomic mass is 32.1. The Morgan fingerprint density at radius 1 is 0.829 bits per heavy atom. The van der Waals surface area contributed by atoms with E-state index in [1.807, 2.05) is 30.3 Å². The quantitative estimate of drug-likeness (QED) is 0.183. The molecule has 0 unspecified atom stereocenters. The summed E-state index contributed by atoms with van der Waals surface area (Å²) in [6.45, 7) is 4.39. The summed E-state index contributed by atoms with van der Waals surface area (Å²) in [5, 5.41) is 1.67. The largest absolute Gasteiger partial charge is 0.289 e. The Morgan fingerprint density at radius 3 is 2.60 bits per heavy atom. The van der Waals surface area contributed by atoms with Crippen molar-refractivity contribution >= 4 is 49.5 Å². The van der Waals surface area contributed by atoms with E-state index in [4.69, 9.17) is 0 Å². The van der Waals surface area contributed by atoms with Crippen molar-refractivity contribution in [3.05, 3.63) is 93.6 Å². The van der Waals surface area contributed by atoms with Gasteiger partial charge in [0, 0.05) is 38.6 Å². The maximum Gasteiger partial charge on any atom is 0.247 e. The maximum absolute atomic E-state index is 13.6. The van der Waals surface area contributed by atoms with E-state index in [0.717, 1.165) is 44.4 Å². The Morgan fingerprint density at radius 2 is 1.69 bits per heavy atom. The van der Waals surface area contributed by atoms with Crippen molar-refractivity contribution in [2.24, 2.45) is 0 Å². The number of hydrogen-bond acceptors (Lipinski definition) is 3. The van der Waals surface area contributed by atoms with Crippen LogP contribution in [0.15, 0.2) is 71.5 Å². The number of hydrogen-bond donors (Lipinski definition) is 0. The van der Waals surface area contributed by atoms with Crippen molar-refractivity contribution in [1.29, 1.82) is 0 Å². The average molecular weight is 480 g/mol. The molecule has 0 amide bonds. The second-order valence-corrected chi connectivity index (χ2v) is 10.8. The van der Waals surface area contributed by atoms with E-state index in [1.165, 1.54) is 56.6 Å². The Kier molecular flexibility index (Phi) is 6.22. The monoisotopic (exact) mass is 479 g/mol. The van der Waals surface area contributed by atoms with Crippen LogP contribution in [0.3, 0.4) is 0 Å². The molecule has 0 aliphatic carbocycles. The van der Waals surface area contributed by atoms with Gasteiger partial charge in [0.2, 0.25) is 5.84 Å². The molecule has 35 heavy (non-hydrogen) atoms. The fraction of sp³-hybridized carbons (Fsp3) is 0.290. The van der Waals surface area contributed by atoms with Gasteiger partial charge >= 0.3 is 0 Å². The maximum atomic E-state index is 13.6. The van der Waals surface area contributed by atoms with Gasteiger partial charge in [0.15, 0.2) is 5.43 Å². The summed E-state index contributed by atoms with van der Waals surface area (Å²) in [6, 6.07) is 22.8. The van der Waals surface area contributed by atoms with E-state index < -0.39 is 0 Å².